The van der Waals surface area contributed by atoms with Crippen LogP contribution in [0.15, 0.2) is 54.1 Å². The summed E-state index contributed by atoms with van der Waals surface area (Å²) in [6.07, 6.45) is 7.64. The first kappa shape index (κ1) is 23.5. The summed E-state index contributed by atoms with van der Waals surface area (Å²) in [5.41, 5.74) is 3.94. The number of hydrogen-bond acceptors (Lipinski definition) is 6. The maximum atomic E-state index is 15.2. The number of fused-ring (bicyclic) bond motifs is 3. The number of aromatic nitrogens is 5. The zero-order chi connectivity index (χ0) is 25.9. The molecule has 4 heterocycles. The molecular weight excluding hydrogens is 469 g/mol. The molecule has 0 unspecified atom stereocenters. The van der Waals surface area contributed by atoms with E-state index in [1.54, 1.807) is 21.6 Å². The van der Waals surface area contributed by atoms with E-state index in [9.17, 15) is 4.79 Å². The third-order valence-electron chi connectivity index (χ3n) is 7.25. The molecule has 0 radical (unpaired) electrons. The van der Waals surface area contributed by atoms with E-state index in [2.05, 4.69) is 48.0 Å². The predicted octanol–water partition coefficient (Wildman–Crippen LogP) is 4.48. The van der Waals surface area contributed by atoms with Crippen LogP contribution < -0.4 is 16.2 Å². The Labute approximate surface area is 214 Å². The van der Waals surface area contributed by atoms with Gasteiger partial charge in [-0.3, -0.25) is 9.78 Å². The largest absolute Gasteiger partial charge is 0.324 e. The number of nitrogens with zero attached hydrogens (tertiary/aromatic N) is 5. The van der Waals surface area contributed by atoms with Crippen molar-refractivity contribution in [3.8, 4) is 5.69 Å². The molecule has 1 aromatic carbocycles. The second-order valence-corrected chi connectivity index (χ2v) is 10.9. The van der Waals surface area contributed by atoms with Crippen LogP contribution in [-0.2, 0) is 23.9 Å². The molecular formula is C28H30FN7O. The van der Waals surface area contributed by atoms with E-state index >= 15 is 4.39 Å². The molecule has 190 valence electrons. The van der Waals surface area contributed by atoms with Crippen LogP contribution in [0.3, 0.4) is 0 Å². The quantitative estimate of drug-likeness (QED) is 0.394. The fourth-order valence-corrected chi connectivity index (χ4v) is 5.27. The number of rotatable bonds is 5. The Morgan fingerprint density at radius 1 is 1.24 bits per heavy atom. The SMILES string of the molecule is C=CCn1c(=O)c2cnc(Nc3cc(F)c4c(c3)CCNC43CC3)nc2n1-c1ccnc(C(C)(C)C)c1. The van der Waals surface area contributed by atoms with E-state index in [1.165, 1.54) is 12.3 Å². The zero-order valence-electron chi connectivity index (χ0n) is 21.3. The van der Waals surface area contributed by atoms with Crippen LogP contribution in [0.5, 0.6) is 0 Å². The van der Waals surface area contributed by atoms with E-state index in [0.717, 1.165) is 48.3 Å². The predicted molar refractivity (Wildman–Crippen MR) is 142 cm³/mol. The second-order valence-electron chi connectivity index (χ2n) is 10.9. The molecule has 0 amide bonds. The summed E-state index contributed by atoms with van der Waals surface area (Å²) in [5, 5.41) is 7.04. The number of allylic oxidation sites excluding steroid dienone is 1. The summed E-state index contributed by atoms with van der Waals surface area (Å²) in [4.78, 5) is 26.9. The molecule has 1 saturated carbocycles. The van der Waals surface area contributed by atoms with Gasteiger partial charge in [0.2, 0.25) is 5.95 Å². The van der Waals surface area contributed by atoms with E-state index in [-0.39, 0.29) is 28.3 Å². The lowest BCUT2D eigenvalue weighted by Crippen LogP contribution is -2.37. The fourth-order valence-electron chi connectivity index (χ4n) is 5.27. The van der Waals surface area contributed by atoms with Crippen LogP contribution in [0.4, 0.5) is 16.0 Å². The molecule has 8 nitrogen and oxygen atoms in total. The van der Waals surface area contributed by atoms with Gasteiger partial charge in [0.05, 0.1) is 12.2 Å². The van der Waals surface area contributed by atoms with Crippen molar-refractivity contribution >= 4 is 22.7 Å². The van der Waals surface area contributed by atoms with Gasteiger partial charge in [-0.2, -0.15) is 4.98 Å². The minimum Gasteiger partial charge on any atom is -0.324 e. The van der Waals surface area contributed by atoms with Gasteiger partial charge in [-0.1, -0.05) is 26.8 Å². The van der Waals surface area contributed by atoms with Crippen molar-refractivity contribution in [2.24, 2.45) is 0 Å². The minimum absolute atomic E-state index is 0.171. The number of nitrogens with one attached hydrogen (secondary N) is 2. The van der Waals surface area contributed by atoms with Crippen molar-refractivity contribution in [3.05, 3.63) is 82.3 Å². The van der Waals surface area contributed by atoms with Gasteiger partial charge < -0.3 is 10.6 Å². The highest BCUT2D eigenvalue weighted by Crippen LogP contribution is 2.50. The molecule has 0 bridgehead atoms. The first-order chi connectivity index (χ1) is 17.7. The lowest BCUT2D eigenvalue weighted by molar-refractivity contribution is 0.458. The number of pyridine rings is 1. The third-order valence-corrected chi connectivity index (χ3v) is 7.25. The van der Waals surface area contributed by atoms with Crippen molar-refractivity contribution in [2.75, 3.05) is 11.9 Å². The fraction of sp³-hybridized carbons (Fsp3) is 0.357. The Kier molecular flexibility index (Phi) is 5.31. The molecule has 1 aliphatic carbocycles. The Balaban J connectivity index is 1.45. The number of hydrogen-bond donors (Lipinski definition) is 2. The lowest BCUT2D eigenvalue weighted by atomic mass is 9.91. The van der Waals surface area contributed by atoms with Gasteiger partial charge >= 0.3 is 0 Å². The van der Waals surface area contributed by atoms with E-state index in [0.29, 0.717) is 23.3 Å². The number of anilines is 2. The van der Waals surface area contributed by atoms with Gasteiger partial charge in [0.25, 0.3) is 5.56 Å². The summed E-state index contributed by atoms with van der Waals surface area (Å²) in [7, 11) is 0. The highest BCUT2D eigenvalue weighted by Gasteiger charge is 2.48. The Morgan fingerprint density at radius 2 is 2.05 bits per heavy atom. The zero-order valence-corrected chi connectivity index (χ0v) is 21.3. The molecule has 4 aromatic rings. The van der Waals surface area contributed by atoms with Crippen molar-refractivity contribution in [2.45, 2.75) is 57.5 Å². The normalized spacial score (nSPS) is 16.1. The topological polar surface area (TPSA) is 89.7 Å². The molecule has 2 N–H and O–H groups in total. The number of benzene rings is 1. The average molecular weight is 500 g/mol. The van der Waals surface area contributed by atoms with Crippen LogP contribution >= 0.6 is 0 Å². The van der Waals surface area contributed by atoms with E-state index in [1.807, 2.05) is 18.2 Å². The molecule has 1 aliphatic heterocycles. The van der Waals surface area contributed by atoms with Gasteiger partial charge in [0.1, 0.15) is 11.2 Å². The Bertz CT molecular complexity index is 1610. The van der Waals surface area contributed by atoms with Crippen LogP contribution in [0.2, 0.25) is 0 Å². The van der Waals surface area contributed by atoms with Gasteiger partial charge in [-0.15, -0.1) is 6.58 Å². The standard InChI is InChI=1S/C28H30FN7O/c1-5-12-35-25(37)20-16-31-26(34-24(20)36(35)19-7-10-30-22(15-19)27(2,3)4)33-18-13-17-6-11-32-28(8-9-28)23(17)21(29)14-18/h5,7,10,13-16,32H,1,6,8-9,11-12H2,2-4H3,(H,31,33,34). The maximum absolute atomic E-state index is 15.2. The molecule has 3 aromatic heterocycles. The van der Waals surface area contributed by atoms with Crippen LogP contribution in [0.25, 0.3) is 16.7 Å². The molecule has 1 fully saturated rings. The first-order valence-corrected chi connectivity index (χ1v) is 12.6. The molecule has 2 aliphatic rings. The lowest BCUT2D eigenvalue weighted by Gasteiger charge is -2.28. The number of halogens is 1. The van der Waals surface area contributed by atoms with E-state index in [4.69, 9.17) is 4.98 Å². The molecule has 6 rings (SSSR count). The van der Waals surface area contributed by atoms with Crippen LogP contribution in [-0.4, -0.2) is 30.9 Å². The Hall–Kier alpha value is -3.85. The second kappa shape index (κ2) is 8.34. The van der Waals surface area contributed by atoms with Gasteiger partial charge in [0, 0.05) is 46.8 Å². The molecule has 9 heteroatoms. The highest BCUT2D eigenvalue weighted by atomic mass is 19.1. The third kappa shape index (κ3) is 3.94. The van der Waals surface area contributed by atoms with Crippen molar-refractivity contribution in [3.63, 3.8) is 0 Å². The summed E-state index contributed by atoms with van der Waals surface area (Å²) in [5.74, 6) is 0.0721. The van der Waals surface area contributed by atoms with Crippen LogP contribution in [0, 0.1) is 5.82 Å². The molecule has 0 saturated heterocycles. The summed E-state index contributed by atoms with van der Waals surface area (Å²) >= 11 is 0. The molecule has 37 heavy (non-hydrogen) atoms. The van der Waals surface area contributed by atoms with Crippen molar-refractivity contribution < 1.29 is 4.39 Å². The first-order valence-electron chi connectivity index (χ1n) is 12.6. The van der Waals surface area contributed by atoms with E-state index < -0.39 is 0 Å². The van der Waals surface area contributed by atoms with Gasteiger partial charge in [-0.25, -0.2) is 18.7 Å². The molecule has 1 spiro atoms. The molecule has 0 atom stereocenters. The minimum atomic E-state index is -0.216. The summed E-state index contributed by atoms with van der Waals surface area (Å²) in [6, 6.07) is 7.31. The van der Waals surface area contributed by atoms with Crippen molar-refractivity contribution in [1.29, 1.82) is 0 Å². The van der Waals surface area contributed by atoms with Gasteiger partial charge in [-0.05, 0) is 49.1 Å². The van der Waals surface area contributed by atoms with Gasteiger partial charge in [0.15, 0.2) is 5.65 Å². The average Bonchev–Trinajstić information content (AvgIpc) is 3.56. The summed E-state index contributed by atoms with van der Waals surface area (Å²) < 4.78 is 18.6. The smallest absolute Gasteiger partial charge is 0.278 e. The summed E-state index contributed by atoms with van der Waals surface area (Å²) in [6.45, 7) is 11.2. The maximum Gasteiger partial charge on any atom is 0.278 e. The highest BCUT2D eigenvalue weighted by molar-refractivity contribution is 5.77. The monoisotopic (exact) mass is 499 g/mol. The van der Waals surface area contributed by atoms with Crippen LogP contribution in [0.1, 0.15) is 50.4 Å². The van der Waals surface area contributed by atoms with Crippen molar-refractivity contribution in [1.82, 2.24) is 29.6 Å². The Morgan fingerprint density at radius 3 is 2.78 bits per heavy atom.